The predicted octanol–water partition coefficient (Wildman–Crippen LogP) is 5.71. The fourth-order valence-corrected chi connectivity index (χ4v) is 5.32. The van der Waals surface area contributed by atoms with Gasteiger partial charge in [-0.25, -0.2) is 4.98 Å². The maximum Gasteiger partial charge on any atom is 0.260 e. The van der Waals surface area contributed by atoms with Crippen molar-refractivity contribution in [2.75, 3.05) is 0 Å². The Labute approximate surface area is 157 Å². The van der Waals surface area contributed by atoms with Crippen molar-refractivity contribution in [2.24, 2.45) is 0 Å². The summed E-state index contributed by atoms with van der Waals surface area (Å²) >= 11 is 4.96. The van der Waals surface area contributed by atoms with E-state index in [1.165, 1.54) is 16.9 Å². The van der Waals surface area contributed by atoms with E-state index in [0.29, 0.717) is 5.39 Å². The van der Waals surface area contributed by atoms with E-state index >= 15 is 0 Å². The number of nitrogens with one attached hydrogen (secondary N) is 1. The predicted molar refractivity (Wildman–Crippen MR) is 110 cm³/mol. The molecule has 1 unspecified atom stereocenters. The van der Waals surface area contributed by atoms with E-state index in [9.17, 15) is 4.79 Å². The maximum absolute atomic E-state index is 12.7. The molecule has 0 bridgehead atoms. The maximum atomic E-state index is 12.7. The lowest BCUT2D eigenvalue weighted by Crippen LogP contribution is -2.12. The van der Waals surface area contributed by atoms with Crippen LogP contribution >= 0.6 is 34.4 Å². The minimum Gasteiger partial charge on any atom is -0.309 e. The van der Waals surface area contributed by atoms with Crippen molar-refractivity contribution in [2.45, 2.75) is 17.9 Å². The Kier molecular flexibility index (Phi) is 4.74. The van der Waals surface area contributed by atoms with E-state index in [-0.39, 0.29) is 10.8 Å². The molecule has 1 N–H and O–H groups in total. The number of fused-ring (bicyclic) bond motifs is 1. The Morgan fingerprint density at radius 2 is 2.00 bits per heavy atom. The van der Waals surface area contributed by atoms with Gasteiger partial charge in [-0.1, -0.05) is 36.4 Å². The first kappa shape index (κ1) is 16.6. The Morgan fingerprint density at radius 1 is 1.16 bits per heavy atom. The monoisotopic (exact) mass is 384 g/mol. The zero-order valence-electron chi connectivity index (χ0n) is 13.6. The Bertz CT molecular complexity index is 1040. The summed E-state index contributed by atoms with van der Waals surface area (Å²) in [5, 5.41) is 4.89. The van der Waals surface area contributed by atoms with Gasteiger partial charge in [0.1, 0.15) is 10.7 Å². The lowest BCUT2D eigenvalue weighted by atomic mass is 10.2. The van der Waals surface area contributed by atoms with Gasteiger partial charge in [0, 0.05) is 21.6 Å². The molecule has 0 amide bonds. The molecule has 3 aromatic heterocycles. The number of nitrogens with zero attached hydrogens (tertiary/aromatic N) is 1. The number of benzene rings is 1. The highest BCUT2D eigenvalue weighted by Gasteiger charge is 2.16. The molecule has 0 fully saturated rings. The Morgan fingerprint density at radius 3 is 2.76 bits per heavy atom. The van der Waals surface area contributed by atoms with Crippen molar-refractivity contribution >= 4 is 44.7 Å². The van der Waals surface area contributed by atoms with Crippen LogP contribution in [0, 0.1) is 0 Å². The zero-order valence-corrected chi connectivity index (χ0v) is 16.0. The first-order valence-electron chi connectivity index (χ1n) is 7.93. The highest BCUT2D eigenvalue weighted by atomic mass is 32.2. The van der Waals surface area contributed by atoms with Crippen LogP contribution in [0.1, 0.15) is 23.6 Å². The smallest absolute Gasteiger partial charge is 0.260 e. The van der Waals surface area contributed by atoms with Crippen LogP contribution in [0.3, 0.4) is 0 Å². The highest BCUT2D eigenvalue weighted by Crippen LogP contribution is 2.35. The van der Waals surface area contributed by atoms with E-state index in [0.717, 1.165) is 26.8 Å². The molecule has 0 aliphatic heterocycles. The largest absolute Gasteiger partial charge is 0.309 e. The summed E-state index contributed by atoms with van der Waals surface area (Å²) in [6.07, 6.45) is 0. The third-order valence-electron chi connectivity index (χ3n) is 3.98. The van der Waals surface area contributed by atoms with Gasteiger partial charge in [0.25, 0.3) is 5.56 Å². The number of hydrogen-bond donors (Lipinski definition) is 1. The van der Waals surface area contributed by atoms with Crippen molar-refractivity contribution in [3.8, 4) is 10.4 Å². The summed E-state index contributed by atoms with van der Waals surface area (Å²) < 4.78 is 0. The van der Waals surface area contributed by atoms with Crippen LogP contribution in [0.25, 0.3) is 20.7 Å². The Balaban J connectivity index is 1.62. The minimum atomic E-state index is -0.0446. The molecule has 25 heavy (non-hydrogen) atoms. The number of aromatic nitrogens is 2. The summed E-state index contributed by atoms with van der Waals surface area (Å²) in [5.74, 6) is 1.65. The molecule has 1 atom stereocenters. The van der Waals surface area contributed by atoms with Gasteiger partial charge < -0.3 is 4.98 Å². The van der Waals surface area contributed by atoms with E-state index in [2.05, 4.69) is 24.0 Å². The van der Waals surface area contributed by atoms with Crippen molar-refractivity contribution in [1.82, 2.24) is 9.97 Å². The topological polar surface area (TPSA) is 45.8 Å². The number of thioether (sulfide) groups is 1. The summed E-state index contributed by atoms with van der Waals surface area (Å²) in [5.41, 5.74) is 2.22. The molecule has 0 aliphatic carbocycles. The SMILES string of the molecule is CC(SCc1ccccc1)c1nc2scc(-c3cccs3)c2c(=O)[nH]1. The van der Waals surface area contributed by atoms with Crippen LogP contribution in [0.5, 0.6) is 0 Å². The second kappa shape index (κ2) is 7.15. The van der Waals surface area contributed by atoms with E-state index in [4.69, 9.17) is 4.98 Å². The van der Waals surface area contributed by atoms with Crippen LogP contribution in [0.2, 0.25) is 0 Å². The van der Waals surface area contributed by atoms with E-state index in [1.54, 1.807) is 23.1 Å². The lowest BCUT2D eigenvalue weighted by Gasteiger charge is -2.10. The van der Waals surface area contributed by atoms with E-state index in [1.807, 2.05) is 41.1 Å². The van der Waals surface area contributed by atoms with Gasteiger partial charge in [-0.2, -0.15) is 0 Å². The number of rotatable bonds is 5. The molecule has 3 nitrogen and oxygen atoms in total. The standard InChI is InChI=1S/C19H16N2OS3/c1-12(24-10-13-6-3-2-4-7-13)17-20-18(22)16-14(11-25-19(16)21-17)15-8-5-9-23-15/h2-9,11-12H,10H2,1H3,(H,20,21,22). The minimum absolute atomic E-state index is 0.0446. The van der Waals surface area contributed by atoms with Crippen LogP contribution in [0.4, 0.5) is 0 Å². The lowest BCUT2D eigenvalue weighted by molar-refractivity contribution is 0.925. The molecule has 126 valence electrons. The van der Waals surface area contributed by atoms with Crippen LogP contribution < -0.4 is 5.56 Å². The molecule has 3 heterocycles. The van der Waals surface area contributed by atoms with Crippen LogP contribution in [-0.2, 0) is 5.75 Å². The van der Waals surface area contributed by atoms with Crippen molar-refractivity contribution in [3.05, 3.63) is 75.0 Å². The number of aromatic amines is 1. The van der Waals surface area contributed by atoms with Gasteiger partial charge >= 0.3 is 0 Å². The van der Waals surface area contributed by atoms with E-state index < -0.39 is 0 Å². The van der Waals surface area contributed by atoms with Crippen LogP contribution in [0.15, 0.2) is 58.0 Å². The molecule has 0 spiro atoms. The molecular weight excluding hydrogens is 368 g/mol. The summed E-state index contributed by atoms with van der Waals surface area (Å²) in [6.45, 7) is 2.09. The average molecular weight is 385 g/mol. The van der Waals surface area contributed by atoms with Gasteiger partial charge in [-0.05, 0) is 23.9 Å². The molecule has 0 aliphatic rings. The van der Waals surface area contributed by atoms with Gasteiger partial charge in [-0.15, -0.1) is 34.4 Å². The molecular formula is C19H16N2OS3. The highest BCUT2D eigenvalue weighted by molar-refractivity contribution is 7.98. The average Bonchev–Trinajstić information content (AvgIpc) is 3.29. The Hall–Kier alpha value is -1.89. The normalized spacial score (nSPS) is 12.5. The van der Waals surface area contributed by atoms with Gasteiger partial charge in [0.2, 0.25) is 0 Å². The zero-order chi connectivity index (χ0) is 17.2. The first-order valence-corrected chi connectivity index (χ1v) is 10.7. The molecule has 0 saturated heterocycles. The number of H-pyrrole nitrogens is 1. The molecule has 4 rings (SSSR count). The first-order chi connectivity index (χ1) is 12.2. The number of thiophene rings is 2. The molecule has 6 heteroatoms. The van der Waals surface area contributed by atoms with Crippen molar-refractivity contribution in [1.29, 1.82) is 0 Å². The van der Waals surface area contributed by atoms with Gasteiger partial charge in [0.15, 0.2) is 0 Å². The molecule has 0 saturated carbocycles. The van der Waals surface area contributed by atoms with Gasteiger partial charge in [0.05, 0.1) is 10.6 Å². The third-order valence-corrected chi connectivity index (χ3v) is 6.98. The summed E-state index contributed by atoms with van der Waals surface area (Å²) in [6, 6.07) is 14.4. The molecule has 4 aromatic rings. The number of hydrogen-bond acceptors (Lipinski definition) is 5. The fraction of sp³-hybridized carbons (Fsp3) is 0.158. The second-order valence-electron chi connectivity index (χ2n) is 5.70. The third kappa shape index (κ3) is 3.42. The van der Waals surface area contributed by atoms with Crippen molar-refractivity contribution < 1.29 is 0 Å². The fourth-order valence-electron chi connectivity index (χ4n) is 2.65. The second-order valence-corrected chi connectivity index (χ2v) is 8.83. The summed E-state index contributed by atoms with van der Waals surface area (Å²) in [7, 11) is 0. The quantitative estimate of drug-likeness (QED) is 0.479. The van der Waals surface area contributed by atoms with Crippen LogP contribution in [-0.4, -0.2) is 9.97 Å². The van der Waals surface area contributed by atoms with Crippen molar-refractivity contribution in [3.63, 3.8) is 0 Å². The van der Waals surface area contributed by atoms with Gasteiger partial charge in [-0.3, -0.25) is 4.79 Å². The summed E-state index contributed by atoms with van der Waals surface area (Å²) in [4.78, 5) is 22.3. The molecule has 1 aromatic carbocycles. The molecule has 0 radical (unpaired) electrons.